The van der Waals surface area contributed by atoms with E-state index in [0.29, 0.717) is 12.0 Å². The standard InChI is InChI=1S/C20H27N5OS/c1-23(2)20(26)19-13-24-9-8-15(19)10-17(24)12-25-11-16(21-22-25)14-27-18-6-4-3-5-7-18/h3-7,11,15,17,19H,8-10,12-14H2,1-2H3. The van der Waals surface area contributed by atoms with Gasteiger partial charge in [-0.25, -0.2) is 0 Å². The topological polar surface area (TPSA) is 54.3 Å². The number of nitrogens with zero attached hydrogens (tertiary/aromatic N) is 5. The van der Waals surface area contributed by atoms with Crippen molar-refractivity contribution in [1.82, 2.24) is 24.8 Å². The van der Waals surface area contributed by atoms with Crippen LogP contribution in [0, 0.1) is 11.8 Å². The Kier molecular flexibility index (Phi) is 5.50. The first-order valence-corrected chi connectivity index (χ1v) is 10.6. The van der Waals surface area contributed by atoms with Crippen molar-refractivity contribution < 1.29 is 4.79 Å². The lowest BCUT2D eigenvalue weighted by molar-refractivity contribution is -0.141. The Balaban J connectivity index is 1.33. The third-order valence-electron chi connectivity index (χ3n) is 5.75. The Morgan fingerprint density at radius 1 is 1.30 bits per heavy atom. The van der Waals surface area contributed by atoms with Crippen molar-refractivity contribution in [1.29, 1.82) is 0 Å². The highest BCUT2D eigenvalue weighted by molar-refractivity contribution is 7.98. The Hall–Kier alpha value is -1.86. The van der Waals surface area contributed by atoms with Crippen molar-refractivity contribution in [3.8, 4) is 0 Å². The number of thioether (sulfide) groups is 1. The van der Waals surface area contributed by atoms with Gasteiger partial charge in [-0.05, 0) is 37.4 Å². The molecule has 3 fully saturated rings. The first kappa shape index (κ1) is 18.5. The molecule has 2 bridgehead atoms. The summed E-state index contributed by atoms with van der Waals surface area (Å²) in [6, 6.07) is 10.8. The van der Waals surface area contributed by atoms with Crippen molar-refractivity contribution in [2.45, 2.75) is 36.1 Å². The minimum absolute atomic E-state index is 0.165. The molecule has 1 amide bonds. The van der Waals surface area contributed by atoms with E-state index >= 15 is 0 Å². The molecule has 3 aliphatic rings. The SMILES string of the molecule is CN(C)C(=O)C1CN2CCC1CC2Cn1cc(CSc2ccccc2)nn1. The summed E-state index contributed by atoms with van der Waals surface area (Å²) in [5, 5.41) is 8.68. The van der Waals surface area contributed by atoms with Crippen LogP contribution < -0.4 is 0 Å². The molecule has 6 nitrogen and oxygen atoms in total. The maximum Gasteiger partial charge on any atom is 0.226 e. The smallest absolute Gasteiger partial charge is 0.226 e. The second-order valence-electron chi connectivity index (χ2n) is 7.81. The van der Waals surface area contributed by atoms with E-state index in [-0.39, 0.29) is 11.8 Å². The number of rotatable bonds is 6. The fourth-order valence-corrected chi connectivity index (χ4v) is 5.12. The fraction of sp³-hybridized carbons (Fsp3) is 0.550. The molecule has 0 saturated carbocycles. The number of benzene rings is 1. The molecule has 4 unspecified atom stereocenters. The molecule has 0 spiro atoms. The van der Waals surface area contributed by atoms with Gasteiger partial charge in [-0.3, -0.25) is 14.4 Å². The van der Waals surface area contributed by atoms with E-state index in [9.17, 15) is 4.79 Å². The van der Waals surface area contributed by atoms with E-state index in [4.69, 9.17) is 0 Å². The average molecular weight is 386 g/mol. The van der Waals surface area contributed by atoms with E-state index in [1.54, 1.807) is 16.7 Å². The molecule has 0 N–H and O–H groups in total. The molecular formula is C20H27N5OS. The summed E-state index contributed by atoms with van der Waals surface area (Å²) in [6.45, 7) is 2.85. The Morgan fingerprint density at radius 2 is 2.11 bits per heavy atom. The van der Waals surface area contributed by atoms with Crippen molar-refractivity contribution in [2.75, 3.05) is 27.2 Å². The van der Waals surface area contributed by atoms with Crippen LogP contribution in [0.25, 0.3) is 0 Å². The molecule has 4 heterocycles. The largest absolute Gasteiger partial charge is 0.349 e. The summed E-state index contributed by atoms with van der Waals surface area (Å²) in [7, 11) is 3.73. The zero-order valence-corrected chi connectivity index (χ0v) is 16.8. The highest BCUT2D eigenvalue weighted by Crippen LogP contribution is 2.37. The third kappa shape index (κ3) is 4.19. The normalized spacial score (nSPS) is 26.9. The zero-order chi connectivity index (χ0) is 18.8. The molecule has 4 atom stereocenters. The minimum Gasteiger partial charge on any atom is -0.349 e. The summed E-state index contributed by atoms with van der Waals surface area (Å²) in [5.74, 6) is 1.79. The van der Waals surface area contributed by atoms with Crippen molar-refractivity contribution in [2.24, 2.45) is 11.8 Å². The third-order valence-corrected chi connectivity index (χ3v) is 6.80. The van der Waals surface area contributed by atoms with Gasteiger partial charge in [0.1, 0.15) is 0 Å². The summed E-state index contributed by atoms with van der Waals surface area (Å²) >= 11 is 1.78. The minimum atomic E-state index is 0.165. The molecule has 5 rings (SSSR count). The van der Waals surface area contributed by atoms with Crippen LogP contribution in [0.1, 0.15) is 18.5 Å². The van der Waals surface area contributed by atoms with Crippen LogP contribution >= 0.6 is 11.8 Å². The van der Waals surface area contributed by atoms with Crippen LogP contribution in [0.5, 0.6) is 0 Å². The summed E-state index contributed by atoms with van der Waals surface area (Å²) in [4.78, 5) is 17.9. The predicted molar refractivity (Wildman–Crippen MR) is 106 cm³/mol. The van der Waals surface area contributed by atoms with E-state index in [1.165, 1.54) is 4.90 Å². The summed E-state index contributed by atoms with van der Waals surface area (Å²) in [5.41, 5.74) is 1.01. The second kappa shape index (κ2) is 8.02. The fourth-order valence-electron chi connectivity index (χ4n) is 4.32. The predicted octanol–water partition coefficient (Wildman–Crippen LogP) is 2.37. The van der Waals surface area contributed by atoms with E-state index in [1.807, 2.05) is 24.8 Å². The molecule has 0 radical (unpaired) electrons. The monoisotopic (exact) mass is 385 g/mol. The van der Waals surface area contributed by atoms with Crippen LogP contribution in [0.15, 0.2) is 41.4 Å². The molecule has 27 heavy (non-hydrogen) atoms. The van der Waals surface area contributed by atoms with Gasteiger partial charge >= 0.3 is 0 Å². The van der Waals surface area contributed by atoms with Gasteiger partial charge in [0.2, 0.25) is 5.91 Å². The van der Waals surface area contributed by atoms with Gasteiger partial charge in [-0.2, -0.15) is 0 Å². The number of hydrogen-bond donors (Lipinski definition) is 0. The molecule has 1 aromatic carbocycles. The van der Waals surface area contributed by atoms with E-state index in [0.717, 1.165) is 43.9 Å². The Morgan fingerprint density at radius 3 is 2.81 bits per heavy atom. The second-order valence-corrected chi connectivity index (χ2v) is 8.85. The van der Waals surface area contributed by atoms with Gasteiger partial charge < -0.3 is 4.90 Å². The Bertz CT molecular complexity index is 778. The number of amides is 1. The van der Waals surface area contributed by atoms with E-state index < -0.39 is 0 Å². The van der Waals surface area contributed by atoms with Gasteiger partial charge in [-0.15, -0.1) is 16.9 Å². The van der Waals surface area contributed by atoms with Crippen molar-refractivity contribution >= 4 is 17.7 Å². The lowest BCUT2D eigenvalue weighted by Crippen LogP contribution is -2.57. The molecule has 7 heteroatoms. The van der Waals surface area contributed by atoms with Crippen molar-refractivity contribution in [3.05, 3.63) is 42.2 Å². The van der Waals surface area contributed by atoms with Gasteiger partial charge in [0.25, 0.3) is 0 Å². The number of hydrogen-bond acceptors (Lipinski definition) is 5. The molecule has 3 saturated heterocycles. The molecule has 0 aliphatic carbocycles. The lowest BCUT2D eigenvalue weighted by atomic mass is 9.75. The molecule has 144 valence electrons. The maximum absolute atomic E-state index is 12.4. The van der Waals surface area contributed by atoms with Gasteiger partial charge in [0.05, 0.1) is 18.2 Å². The molecular weight excluding hydrogens is 358 g/mol. The lowest BCUT2D eigenvalue weighted by Gasteiger charge is -2.49. The summed E-state index contributed by atoms with van der Waals surface area (Å²) < 4.78 is 1.98. The van der Waals surface area contributed by atoms with Gasteiger partial charge in [-0.1, -0.05) is 23.4 Å². The number of carbonyl (C=O) groups is 1. The van der Waals surface area contributed by atoms with E-state index in [2.05, 4.69) is 45.7 Å². The van der Waals surface area contributed by atoms with Crippen LogP contribution in [-0.2, 0) is 17.1 Å². The summed E-state index contributed by atoms with van der Waals surface area (Å²) in [6.07, 6.45) is 4.29. The highest BCUT2D eigenvalue weighted by atomic mass is 32.2. The van der Waals surface area contributed by atoms with Gasteiger partial charge in [0, 0.05) is 43.5 Å². The molecule has 1 aromatic heterocycles. The number of carbonyl (C=O) groups excluding carboxylic acids is 1. The quantitative estimate of drug-likeness (QED) is 0.715. The van der Waals surface area contributed by atoms with Crippen LogP contribution in [0.2, 0.25) is 0 Å². The van der Waals surface area contributed by atoms with Gasteiger partial charge in [0.15, 0.2) is 0 Å². The van der Waals surface area contributed by atoms with Crippen LogP contribution in [0.4, 0.5) is 0 Å². The first-order valence-electron chi connectivity index (χ1n) is 9.62. The Labute approximate surface area is 164 Å². The number of piperidine rings is 3. The molecule has 3 aliphatic heterocycles. The van der Waals surface area contributed by atoms with Crippen LogP contribution in [0.3, 0.4) is 0 Å². The number of fused-ring (bicyclic) bond motifs is 3. The van der Waals surface area contributed by atoms with Crippen LogP contribution in [-0.4, -0.2) is 63.9 Å². The average Bonchev–Trinajstić information content (AvgIpc) is 3.14. The number of aromatic nitrogens is 3. The first-order chi connectivity index (χ1) is 13.1. The molecule has 2 aromatic rings. The zero-order valence-electron chi connectivity index (χ0n) is 16.0. The van der Waals surface area contributed by atoms with Crippen molar-refractivity contribution in [3.63, 3.8) is 0 Å². The maximum atomic E-state index is 12.4. The highest BCUT2D eigenvalue weighted by Gasteiger charge is 2.43.